The Hall–Kier alpha value is -0.260. The molecule has 2 nitrogen and oxygen atoms in total. The molecule has 1 aliphatic rings. The van der Waals surface area contributed by atoms with E-state index in [0.29, 0.717) is 0 Å². The molecule has 0 saturated heterocycles. The first-order valence-corrected chi connectivity index (χ1v) is 8.50. The lowest BCUT2D eigenvalue weighted by molar-refractivity contribution is 0.907. The largest absolute Gasteiger partial charge is 0.215 e. The third-order valence-electron chi connectivity index (χ3n) is 2.89. The number of aromatic nitrogens is 2. The molecule has 0 fully saturated rings. The number of aryl methyl sites for hydroxylation is 2. The van der Waals surface area contributed by atoms with Gasteiger partial charge in [-0.05, 0) is 37.3 Å². The highest BCUT2D eigenvalue weighted by Crippen LogP contribution is 2.40. The summed E-state index contributed by atoms with van der Waals surface area (Å²) >= 11 is 5.23. The van der Waals surface area contributed by atoms with E-state index in [1.54, 1.807) is 23.5 Å². The van der Waals surface area contributed by atoms with Gasteiger partial charge in [-0.15, -0.1) is 23.1 Å². The van der Waals surface area contributed by atoms with Crippen LogP contribution in [0.5, 0.6) is 0 Å². The molecule has 0 aliphatic heterocycles. The first-order valence-electron chi connectivity index (χ1n) is 5.23. The second-order valence-corrected chi connectivity index (χ2v) is 6.41. The molecule has 2 heterocycles. The summed E-state index contributed by atoms with van der Waals surface area (Å²) in [6, 6.07) is 0. The Morgan fingerprint density at radius 2 is 2.00 bits per heavy atom. The van der Waals surface area contributed by atoms with E-state index in [4.69, 9.17) is 0 Å². The number of hydrogen-bond donors (Lipinski definition) is 0. The van der Waals surface area contributed by atoms with E-state index >= 15 is 0 Å². The number of rotatable bonds is 2. The van der Waals surface area contributed by atoms with Gasteiger partial charge in [-0.3, -0.25) is 0 Å². The lowest BCUT2D eigenvalue weighted by Gasteiger charge is -2.02. The van der Waals surface area contributed by atoms with Gasteiger partial charge in [0, 0.05) is 10.3 Å². The smallest absolute Gasteiger partial charge is 0.189 e. The van der Waals surface area contributed by atoms with Crippen LogP contribution in [0.2, 0.25) is 0 Å². The SMILES string of the molecule is CSc1nc(SC)c2c3c(sc2n1)CCC3. The monoisotopic (exact) mass is 268 g/mol. The second kappa shape index (κ2) is 4.20. The Balaban J connectivity index is 2.32. The minimum absolute atomic E-state index is 0.900. The predicted octanol–water partition coefficient (Wildman–Crippen LogP) is 3.62. The zero-order chi connectivity index (χ0) is 11.1. The van der Waals surface area contributed by atoms with Crippen LogP contribution in [0.15, 0.2) is 10.2 Å². The Morgan fingerprint density at radius 1 is 1.12 bits per heavy atom. The van der Waals surface area contributed by atoms with Crippen molar-refractivity contribution in [1.29, 1.82) is 0 Å². The van der Waals surface area contributed by atoms with Crippen LogP contribution < -0.4 is 0 Å². The van der Waals surface area contributed by atoms with Gasteiger partial charge < -0.3 is 0 Å². The zero-order valence-electron chi connectivity index (χ0n) is 9.24. The molecule has 0 saturated carbocycles. The van der Waals surface area contributed by atoms with Crippen LogP contribution >= 0.6 is 34.9 Å². The average molecular weight is 268 g/mol. The highest BCUT2D eigenvalue weighted by Gasteiger charge is 2.21. The molecule has 0 aromatic carbocycles. The van der Waals surface area contributed by atoms with Crippen LogP contribution in [0.3, 0.4) is 0 Å². The average Bonchev–Trinajstić information content (AvgIpc) is 2.86. The molecule has 0 N–H and O–H groups in total. The fourth-order valence-corrected chi connectivity index (χ4v) is 4.59. The summed E-state index contributed by atoms with van der Waals surface area (Å²) < 4.78 is 0. The molecule has 0 atom stereocenters. The summed E-state index contributed by atoms with van der Waals surface area (Å²) in [7, 11) is 0. The van der Waals surface area contributed by atoms with Crippen LogP contribution in [-0.2, 0) is 12.8 Å². The molecule has 3 rings (SSSR count). The van der Waals surface area contributed by atoms with Gasteiger partial charge in [0.15, 0.2) is 5.16 Å². The Kier molecular flexibility index (Phi) is 2.85. The van der Waals surface area contributed by atoms with Crippen LogP contribution in [0, 0.1) is 0 Å². The van der Waals surface area contributed by atoms with E-state index in [2.05, 4.69) is 16.2 Å². The van der Waals surface area contributed by atoms with Crippen LogP contribution in [-0.4, -0.2) is 22.5 Å². The molecule has 0 bridgehead atoms. The van der Waals surface area contributed by atoms with Crippen molar-refractivity contribution >= 4 is 45.1 Å². The fraction of sp³-hybridized carbons (Fsp3) is 0.455. The third kappa shape index (κ3) is 1.57. The Morgan fingerprint density at radius 3 is 2.75 bits per heavy atom. The van der Waals surface area contributed by atoms with Crippen molar-refractivity contribution in [2.75, 3.05) is 12.5 Å². The Labute approximate surface area is 107 Å². The molecule has 0 unspecified atom stereocenters. The summed E-state index contributed by atoms with van der Waals surface area (Å²) in [5, 5.41) is 3.40. The van der Waals surface area contributed by atoms with E-state index in [0.717, 1.165) is 10.2 Å². The van der Waals surface area contributed by atoms with Crippen molar-refractivity contribution in [2.24, 2.45) is 0 Å². The topological polar surface area (TPSA) is 25.8 Å². The normalized spacial score (nSPS) is 14.6. The van der Waals surface area contributed by atoms with Crippen molar-refractivity contribution in [3.05, 3.63) is 10.4 Å². The number of thiophene rings is 1. The van der Waals surface area contributed by atoms with Crippen molar-refractivity contribution in [3.8, 4) is 0 Å². The molecule has 2 aromatic heterocycles. The maximum Gasteiger partial charge on any atom is 0.189 e. The molecule has 2 aromatic rings. The van der Waals surface area contributed by atoms with Crippen molar-refractivity contribution in [1.82, 2.24) is 9.97 Å². The van der Waals surface area contributed by atoms with Gasteiger partial charge in [0.05, 0.1) is 0 Å². The molecule has 0 spiro atoms. The minimum atomic E-state index is 0.900. The lowest BCUT2D eigenvalue weighted by atomic mass is 10.2. The van der Waals surface area contributed by atoms with Gasteiger partial charge in [0.2, 0.25) is 0 Å². The number of thioether (sulfide) groups is 2. The van der Waals surface area contributed by atoms with E-state index in [1.807, 2.05) is 17.6 Å². The van der Waals surface area contributed by atoms with Crippen molar-refractivity contribution in [3.63, 3.8) is 0 Å². The first-order chi connectivity index (χ1) is 7.83. The fourth-order valence-electron chi connectivity index (χ4n) is 2.18. The molecular weight excluding hydrogens is 256 g/mol. The van der Waals surface area contributed by atoms with Gasteiger partial charge >= 0.3 is 0 Å². The molecule has 0 amide bonds. The van der Waals surface area contributed by atoms with Gasteiger partial charge in [-0.25, -0.2) is 9.97 Å². The molecule has 16 heavy (non-hydrogen) atoms. The first kappa shape index (κ1) is 10.9. The van der Waals surface area contributed by atoms with Gasteiger partial charge in [0.25, 0.3) is 0 Å². The van der Waals surface area contributed by atoms with Crippen LogP contribution in [0.1, 0.15) is 16.9 Å². The van der Waals surface area contributed by atoms with Gasteiger partial charge in [-0.2, -0.15) is 0 Å². The maximum absolute atomic E-state index is 4.62. The highest BCUT2D eigenvalue weighted by molar-refractivity contribution is 7.99. The second-order valence-electron chi connectivity index (χ2n) is 3.76. The summed E-state index contributed by atoms with van der Waals surface area (Å²) in [4.78, 5) is 12.0. The predicted molar refractivity (Wildman–Crippen MR) is 73.0 cm³/mol. The Bertz CT molecular complexity index is 548. The van der Waals surface area contributed by atoms with Gasteiger partial charge in [-0.1, -0.05) is 11.8 Å². The van der Waals surface area contributed by atoms with E-state index in [-0.39, 0.29) is 0 Å². The molecule has 0 radical (unpaired) electrons. The quantitative estimate of drug-likeness (QED) is 0.472. The standard InChI is InChI=1S/C11H12N2S3/c1-14-9-8-6-4-3-5-7(6)16-10(8)13-11(12-9)15-2/h3-5H2,1-2H3. The van der Waals surface area contributed by atoms with Crippen molar-refractivity contribution < 1.29 is 0 Å². The van der Waals surface area contributed by atoms with E-state index in [9.17, 15) is 0 Å². The minimum Gasteiger partial charge on any atom is -0.215 e. The maximum atomic E-state index is 4.62. The zero-order valence-corrected chi connectivity index (χ0v) is 11.7. The van der Waals surface area contributed by atoms with Crippen molar-refractivity contribution in [2.45, 2.75) is 29.4 Å². The molecule has 5 heteroatoms. The summed E-state index contributed by atoms with van der Waals surface area (Å²) in [6.45, 7) is 0. The van der Waals surface area contributed by atoms with Crippen LogP contribution in [0.25, 0.3) is 10.2 Å². The summed E-state index contributed by atoms with van der Waals surface area (Å²) in [6.07, 6.45) is 7.89. The van der Waals surface area contributed by atoms with E-state index in [1.165, 1.54) is 39.9 Å². The number of fused-ring (bicyclic) bond motifs is 3. The molecule has 1 aliphatic carbocycles. The van der Waals surface area contributed by atoms with Crippen LogP contribution in [0.4, 0.5) is 0 Å². The number of nitrogens with zero attached hydrogens (tertiary/aromatic N) is 2. The molecular formula is C11H12N2S3. The highest BCUT2D eigenvalue weighted by atomic mass is 32.2. The van der Waals surface area contributed by atoms with Gasteiger partial charge in [0.1, 0.15) is 9.86 Å². The summed E-state index contributed by atoms with van der Waals surface area (Å²) in [5.41, 5.74) is 1.53. The number of hydrogen-bond acceptors (Lipinski definition) is 5. The summed E-state index contributed by atoms with van der Waals surface area (Å²) in [5.74, 6) is 0. The van der Waals surface area contributed by atoms with E-state index < -0.39 is 0 Å². The molecule has 84 valence electrons. The lowest BCUT2D eigenvalue weighted by Crippen LogP contribution is -1.90. The third-order valence-corrected chi connectivity index (χ3v) is 5.30.